The summed E-state index contributed by atoms with van der Waals surface area (Å²) in [5, 5.41) is 3.05. The van der Waals surface area contributed by atoms with Gasteiger partial charge in [0.25, 0.3) is 0 Å². The van der Waals surface area contributed by atoms with Crippen molar-refractivity contribution in [3.8, 4) is 5.75 Å². The molecule has 1 fully saturated rings. The van der Waals surface area contributed by atoms with Crippen LogP contribution in [0.4, 0.5) is 0 Å². The molecular formula is C19H25NO3. The number of hydrogen-bond donors (Lipinski definition) is 1. The third-order valence-corrected chi connectivity index (χ3v) is 4.55. The summed E-state index contributed by atoms with van der Waals surface area (Å²) in [5.74, 6) is 1.58. The van der Waals surface area contributed by atoms with E-state index in [9.17, 15) is 4.79 Å². The van der Waals surface area contributed by atoms with Crippen LogP contribution < -0.4 is 10.1 Å². The smallest absolute Gasteiger partial charge is 0.224 e. The fraction of sp³-hybridized carbons (Fsp3) is 0.526. The lowest BCUT2D eigenvalue weighted by molar-refractivity contribution is -0.124. The minimum absolute atomic E-state index is 0.0976. The quantitative estimate of drug-likeness (QED) is 0.821. The number of benzene rings is 1. The predicted molar refractivity (Wildman–Crippen MR) is 89.3 cm³/mol. The molecular weight excluding hydrogens is 290 g/mol. The van der Waals surface area contributed by atoms with Gasteiger partial charge in [-0.15, -0.1) is 0 Å². The van der Waals surface area contributed by atoms with Gasteiger partial charge in [-0.3, -0.25) is 4.79 Å². The molecule has 1 heterocycles. The predicted octanol–water partition coefficient (Wildman–Crippen LogP) is 2.99. The van der Waals surface area contributed by atoms with Gasteiger partial charge >= 0.3 is 0 Å². The maximum absolute atomic E-state index is 12.2. The highest BCUT2D eigenvalue weighted by molar-refractivity contribution is 5.79. The first-order valence-corrected chi connectivity index (χ1v) is 8.45. The van der Waals surface area contributed by atoms with Crippen LogP contribution in [0.1, 0.15) is 30.4 Å². The van der Waals surface area contributed by atoms with Crippen molar-refractivity contribution in [2.24, 2.45) is 11.8 Å². The third kappa shape index (κ3) is 4.35. The number of hydrogen-bond acceptors (Lipinski definition) is 3. The van der Waals surface area contributed by atoms with Gasteiger partial charge in [-0.25, -0.2) is 0 Å². The molecule has 1 N–H and O–H groups in total. The largest absolute Gasteiger partial charge is 0.493 e. The summed E-state index contributed by atoms with van der Waals surface area (Å²) in [6.07, 6.45) is 6.92. The summed E-state index contributed by atoms with van der Waals surface area (Å²) in [4.78, 5) is 12.2. The summed E-state index contributed by atoms with van der Waals surface area (Å²) in [6.45, 7) is 4.87. The normalized spacial score (nSPS) is 20.8. The van der Waals surface area contributed by atoms with Crippen molar-refractivity contribution in [1.82, 2.24) is 5.32 Å². The molecule has 3 rings (SSSR count). The molecule has 0 bridgehead atoms. The summed E-state index contributed by atoms with van der Waals surface area (Å²) in [6, 6.07) is 6.15. The molecule has 1 aliphatic carbocycles. The van der Waals surface area contributed by atoms with E-state index in [1.807, 2.05) is 6.07 Å². The molecule has 0 spiro atoms. The van der Waals surface area contributed by atoms with Crippen LogP contribution in [0, 0.1) is 18.8 Å². The Morgan fingerprint density at radius 3 is 2.91 bits per heavy atom. The van der Waals surface area contributed by atoms with Crippen molar-refractivity contribution < 1.29 is 14.3 Å². The van der Waals surface area contributed by atoms with Crippen LogP contribution in [0.5, 0.6) is 5.75 Å². The van der Waals surface area contributed by atoms with Gasteiger partial charge in [0.15, 0.2) is 0 Å². The second-order valence-corrected chi connectivity index (χ2v) is 6.51. The van der Waals surface area contributed by atoms with E-state index >= 15 is 0 Å². The average Bonchev–Trinajstić information content (AvgIpc) is 3.25. The first kappa shape index (κ1) is 16.1. The lowest BCUT2D eigenvalue weighted by Crippen LogP contribution is -2.29. The molecule has 1 aromatic carbocycles. The van der Waals surface area contributed by atoms with Crippen molar-refractivity contribution in [2.45, 2.75) is 32.7 Å². The minimum atomic E-state index is 0.0976. The van der Waals surface area contributed by atoms with Crippen LogP contribution >= 0.6 is 0 Å². The van der Waals surface area contributed by atoms with Gasteiger partial charge < -0.3 is 14.8 Å². The average molecular weight is 315 g/mol. The van der Waals surface area contributed by atoms with E-state index in [0.717, 1.165) is 49.4 Å². The van der Waals surface area contributed by atoms with Crippen molar-refractivity contribution in [2.75, 3.05) is 19.8 Å². The highest BCUT2D eigenvalue weighted by Gasteiger charge is 2.20. The monoisotopic (exact) mass is 315 g/mol. The van der Waals surface area contributed by atoms with Gasteiger partial charge in [-0.1, -0.05) is 24.3 Å². The number of nitrogens with one attached hydrogen (secondary N) is 1. The molecule has 0 aromatic heterocycles. The zero-order chi connectivity index (χ0) is 16.1. The van der Waals surface area contributed by atoms with Gasteiger partial charge in [0.05, 0.1) is 13.2 Å². The molecule has 0 saturated carbocycles. The number of carbonyl (C=O) groups excluding carboxylic acids is 1. The van der Waals surface area contributed by atoms with E-state index in [1.165, 1.54) is 0 Å². The van der Waals surface area contributed by atoms with Crippen LogP contribution in [0.3, 0.4) is 0 Å². The van der Waals surface area contributed by atoms with Crippen molar-refractivity contribution in [1.29, 1.82) is 0 Å². The van der Waals surface area contributed by atoms with Gasteiger partial charge in [0, 0.05) is 30.6 Å². The molecule has 1 aliphatic heterocycles. The Bertz CT molecular complexity index is 568. The topological polar surface area (TPSA) is 47.6 Å². The molecule has 1 aromatic rings. The molecule has 124 valence electrons. The maximum Gasteiger partial charge on any atom is 0.224 e. The third-order valence-electron chi connectivity index (χ3n) is 4.55. The van der Waals surface area contributed by atoms with Gasteiger partial charge in [0.1, 0.15) is 5.75 Å². The molecule has 4 heteroatoms. The van der Waals surface area contributed by atoms with E-state index in [1.54, 1.807) is 0 Å². The fourth-order valence-corrected chi connectivity index (χ4v) is 3.02. The number of rotatable bonds is 6. The van der Waals surface area contributed by atoms with Crippen molar-refractivity contribution in [3.05, 3.63) is 41.5 Å². The standard InChI is InChI=1S/C19H25NO3/c1-14-6-7-17(11-20-19(21)16-4-2-3-5-16)18(10-14)23-13-15-8-9-22-12-15/h2-3,6-7,10,15-16H,4-5,8-9,11-13H2,1H3,(H,20,21)/t15-/m0/s1. The first-order chi connectivity index (χ1) is 11.2. The highest BCUT2D eigenvalue weighted by Crippen LogP contribution is 2.23. The van der Waals surface area contributed by atoms with Crippen LogP contribution in [0.25, 0.3) is 0 Å². The summed E-state index contributed by atoms with van der Waals surface area (Å²) in [5.41, 5.74) is 2.20. The number of ether oxygens (including phenoxy) is 2. The highest BCUT2D eigenvalue weighted by atomic mass is 16.5. The Morgan fingerprint density at radius 1 is 1.35 bits per heavy atom. The zero-order valence-electron chi connectivity index (χ0n) is 13.7. The molecule has 1 amide bonds. The van der Waals surface area contributed by atoms with E-state index in [-0.39, 0.29) is 11.8 Å². The van der Waals surface area contributed by atoms with Gasteiger partial charge in [-0.05, 0) is 37.8 Å². The molecule has 4 nitrogen and oxygen atoms in total. The molecule has 1 saturated heterocycles. The molecule has 0 radical (unpaired) electrons. The van der Waals surface area contributed by atoms with Crippen molar-refractivity contribution in [3.63, 3.8) is 0 Å². The molecule has 2 aliphatic rings. The second-order valence-electron chi connectivity index (χ2n) is 6.51. The Balaban J connectivity index is 1.57. The van der Waals surface area contributed by atoms with Crippen molar-refractivity contribution >= 4 is 5.91 Å². The Hall–Kier alpha value is -1.81. The van der Waals surface area contributed by atoms with Crippen LogP contribution in [0.15, 0.2) is 30.4 Å². The zero-order valence-corrected chi connectivity index (χ0v) is 13.7. The van der Waals surface area contributed by atoms with Gasteiger partial charge in [0.2, 0.25) is 5.91 Å². The summed E-state index contributed by atoms with van der Waals surface area (Å²) in [7, 11) is 0. The number of aryl methyl sites for hydroxylation is 1. The van der Waals surface area contributed by atoms with Crippen LogP contribution in [-0.4, -0.2) is 25.7 Å². The molecule has 1 atom stereocenters. The number of allylic oxidation sites excluding steroid dienone is 2. The Kier molecular flexibility index (Phi) is 5.34. The van der Waals surface area contributed by atoms with Crippen LogP contribution in [-0.2, 0) is 16.1 Å². The minimum Gasteiger partial charge on any atom is -0.493 e. The SMILES string of the molecule is Cc1ccc(CNC(=O)C2CC=CC2)c(OC[C@H]2CCOC2)c1. The second kappa shape index (κ2) is 7.64. The molecule has 23 heavy (non-hydrogen) atoms. The lowest BCUT2D eigenvalue weighted by Gasteiger charge is -2.16. The van der Waals surface area contributed by atoms with E-state index in [0.29, 0.717) is 19.1 Å². The van der Waals surface area contributed by atoms with E-state index in [4.69, 9.17) is 9.47 Å². The number of carbonyl (C=O) groups is 1. The van der Waals surface area contributed by atoms with E-state index in [2.05, 4.69) is 36.5 Å². The Labute approximate surface area is 137 Å². The van der Waals surface area contributed by atoms with E-state index < -0.39 is 0 Å². The first-order valence-electron chi connectivity index (χ1n) is 8.45. The summed E-state index contributed by atoms with van der Waals surface area (Å²) >= 11 is 0. The summed E-state index contributed by atoms with van der Waals surface area (Å²) < 4.78 is 11.4. The molecule has 0 unspecified atom stereocenters. The number of amides is 1. The lowest BCUT2D eigenvalue weighted by atomic mass is 10.1. The fourth-order valence-electron chi connectivity index (χ4n) is 3.02. The Morgan fingerprint density at radius 2 is 2.17 bits per heavy atom. The van der Waals surface area contributed by atoms with Gasteiger partial charge in [-0.2, -0.15) is 0 Å². The van der Waals surface area contributed by atoms with Crippen LogP contribution in [0.2, 0.25) is 0 Å². The maximum atomic E-state index is 12.2.